The van der Waals surface area contributed by atoms with E-state index in [1.165, 1.54) is 12.1 Å². The summed E-state index contributed by atoms with van der Waals surface area (Å²) < 4.78 is 28.4. The Bertz CT molecular complexity index is 1170. The van der Waals surface area contributed by atoms with Crippen LogP contribution in [0.3, 0.4) is 0 Å². The van der Waals surface area contributed by atoms with Gasteiger partial charge in [-0.05, 0) is 42.0 Å². The van der Waals surface area contributed by atoms with Gasteiger partial charge >= 0.3 is 0 Å². The summed E-state index contributed by atoms with van der Waals surface area (Å²) in [5.41, 5.74) is 3.06. The number of amides is 1. The lowest BCUT2D eigenvalue weighted by Crippen LogP contribution is -2.23. The molecule has 0 atom stereocenters. The minimum absolute atomic E-state index is 0.0218. The molecule has 0 saturated heterocycles. The van der Waals surface area contributed by atoms with Gasteiger partial charge in [-0.2, -0.15) is 0 Å². The number of benzene rings is 2. The van der Waals surface area contributed by atoms with Crippen molar-refractivity contribution >= 4 is 17.1 Å². The number of hydrogen-bond donors (Lipinski definition) is 1. The molecule has 0 bridgehead atoms. The van der Waals surface area contributed by atoms with Crippen molar-refractivity contribution in [1.82, 2.24) is 19.9 Å². The first-order valence-corrected chi connectivity index (χ1v) is 8.62. The van der Waals surface area contributed by atoms with Gasteiger partial charge in [0.15, 0.2) is 5.65 Å². The van der Waals surface area contributed by atoms with Crippen LogP contribution < -0.4 is 5.32 Å². The second-order valence-electron chi connectivity index (χ2n) is 6.38. The van der Waals surface area contributed by atoms with E-state index >= 15 is 0 Å². The molecule has 0 fully saturated rings. The molecule has 7 heteroatoms. The maximum Gasteiger partial charge on any atom is 0.251 e. The fourth-order valence-corrected chi connectivity index (χ4v) is 3.08. The fourth-order valence-electron chi connectivity index (χ4n) is 3.08. The van der Waals surface area contributed by atoms with Gasteiger partial charge in [0, 0.05) is 37.0 Å². The smallest absolute Gasteiger partial charge is 0.251 e. The van der Waals surface area contributed by atoms with Gasteiger partial charge in [0.2, 0.25) is 0 Å². The number of halogens is 2. The molecule has 2 aromatic carbocycles. The summed E-state index contributed by atoms with van der Waals surface area (Å²) in [6, 6.07) is 13.9. The molecule has 5 nitrogen and oxygen atoms in total. The summed E-state index contributed by atoms with van der Waals surface area (Å²) >= 11 is 0. The molecule has 0 radical (unpaired) electrons. The third-order valence-corrected chi connectivity index (χ3v) is 4.39. The third-order valence-electron chi connectivity index (χ3n) is 4.39. The molecule has 4 aromatic rings. The Morgan fingerprint density at radius 1 is 1.07 bits per heavy atom. The molecule has 0 aliphatic heterocycles. The second-order valence-corrected chi connectivity index (χ2v) is 6.38. The van der Waals surface area contributed by atoms with E-state index in [-0.39, 0.29) is 12.5 Å². The lowest BCUT2D eigenvalue weighted by Gasteiger charge is -2.08. The zero-order valence-corrected chi connectivity index (χ0v) is 15.0. The van der Waals surface area contributed by atoms with Gasteiger partial charge in [0.05, 0.1) is 0 Å². The van der Waals surface area contributed by atoms with Gasteiger partial charge in [-0.1, -0.05) is 12.1 Å². The summed E-state index contributed by atoms with van der Waals surface area (Å²) in [5.74, 6) is -1.01. The molecule has 0 aliphatic rings. The standard InChI is InChI=1S/C21H16F2N4O/c1-27-19(26-18-6-3-7-24-20(18)27)14-4-2-5-15(10-14)21(28)25-12-13-8-16(22)11-17(23)9-13/h2-11H,12H2,1H3,(H,25,28). The van der Waals surface area contributed by atoms with Gasteiger partial charge in [-0.3, -0.25) is 4.79 Å². The highest BCUT2D eigenvalue weighted by Crippen LogP contribution is 2.23. The number of fused-ring (bicyclic) bond motifs is 1. The van der Waals surface area contributed by atoms with E-state index < -0.39 is 11.6 Å². The molecule has 1 amide bonds. The molecular formula is C21H16F2N4O. The average molecular weight is 378 g/mol. The zero-order valence-electron chi connectivity index (χ0n) is 15.0. The Kier molecular flexibility index (Phi) is 4.57. The Labute approximate surface area is 159 Å². The molecular weight excluding hydrogens is 362 g/mol. The molecule has 0 saturated carbocycles. The summed E-state index contributed by atoms with van der Waals surface area (Å²) in [4.78, 5) is 21.4. The van der Waals surface area contributed by atoms with E-state index in [1.807, 2.05) is 29.8 Å². The Balaban J connectivity index is 1.57. The van der Waals surface area contributed by atoms with E-state index in [9.17, 15) is 13.6 Å². The van der Waals surface area contributed by atoms with Crippen LogP contribution in [0, 0.1) is 11.6 Å². The lowest BCUT2D eigenvalue weighted by molar-refractivity contribution is 0.0951. The van der Waals surface area contributed by atoms with Crippen molar-refractivity contribution in [2.45, 2.75) is 6.54 Å². The monoisotopic (exact) mass is 378 g/mol. The zero-order chi connectivity index (χ0) is 19.7. The molecule has 140 valence electrons. The summed E-state index contributed by atoms with van der Waals surface area (Å²) in [6.07, 6.45) is 1.70. The molecule has 2 heterocycles. The topological polar surface area (TPSA) is 59.8 Å². The largest absolute Gasteiger partial charge is 0.348 e. The number of aryl methyl sites for hydroxylation is 1. The summed E-state index contributed by atoms with van der Waals surface area (Å²) in [7, 11) is 1.86. The Morgan fingerprint density at radius 2 is 1.86 bits per heavy atom. The van der Waals surface area contributed by atoms with Crippen LogP contribution in [-0.4, -0.2) is 20.4 Å². The number of pyridine rings is 1. The second kappa shape index (κ2) is 7.19. The number of hydrogen-bond acceptors (Lipinski definition) is 3. The number of aromatic nitrogens is 3. The van der Waals surface area contributed by atoms with Crippen LogP contribution in [0.5, 0.6) is 0 Å². The van der Waals surface area contributed by atoms with E-state index in [0.717, 1.165) is 22.8 Å². The summed E-state index contributed by atoms with van der Waals surface area (Å²) in [5, 5.41) is 2.68. The van der Waals surface area contributed by atoms with E-state index in [1.54, 1.807) is 24.4 Å². The van der Waals surface area contributed by atoms with Gasteiger partial charge in [0.1, 0.15) is 23.0 Å². The van der Waals surface area contributed by atoms with Gasteiger partial charge < -0.3 is 9.88 Å². The highest BCUT2D eigenvalue weighted by molar-refractivity contribution is 5.95. The van der Waals surface area contributed by atoms with Gasteiger partial charge in [-0.15, -0.1) is 0 Å². The number of carbonyl (C=O) groups excluding carboxylic acids is 1. The van der Waals surface area contributed by atoms with Crippen molar-refractivity contribution in [3.8, 4) is 11.4 Å². The van der Waals surface area contributed by atoms with E-state index in [0.29, 0.717) is 17.0 Å². The molecule has 0 spiro atoms. The highest BCUT2D eigenvalue weighted by atomic mass is 19.1. The normalized spacial score (nSPS) is 11.0. The van der Waals surface area contributed by atoms with Crippen molar-refractivity contribution in [3.63, 3.8) is 0 Å². The predicted molar refractivity (Wildman–Crippen MR) is 101 cm³/mol. The molecule has 4 rings (SSSR count). The summed E-state index contributed by atoms with van der Waals surface area (Å²) in [6.45, 7) is 0.0218. The van der Waals surface area contributed by atoms with Gasteiger partial charge in [-0.25, -0.2) is 18.7 Å². The third kappa shape index (κ3) is 3.46. The van der Waals surface area contributed by atoms with Crippen molar-refractivity contribution < 1.29 is 13.6 Å². The first-order valence-electron chi connectivity index (χ1n) is 8.62. The average Bonchev–Trinajstić information content (AvgIpc) is 3.02. The molecule has 0 aliphatic carbocycles. The number of imidazole rings is 1. The minimum Gasteiger partial charge on any atom is -0.348 e. The van der Waals surface area contributed by atoms with E-state index in [2.05, 4.69) is 15.3 Å². The number of rotatable bonds is 4. The number of nitrogens with one attached hydrogen (secondary N) is 1. The van der Waals surface area contributed by atoms with Gasteiger partial charge in [0.25, 0.3) is 5.91 Å². The van der Waals surface area contributed by atoms with Crippen molar-refractivity contribution in [2.24, 2.45) is 7.05 Å². The molecule has 1 N–H and O–H groups in total. The number of carbonyl (C=O) groups is 1. The van der Waals surface area contributed by atoms with E-state index in [4.69, 9.17) is 0 Å². The van der Waals surface area contributed by atoms with Crippen LogP contribution in [0.15, 0.2) is 60.8 Å². The van der Waals surface area contributed by atoms with Crippen LogP contribution >= 0.6 is 0 Å². The maximum absolute atomic E-state index is 13.3. The van der Waals surface area contributed by atoms with Crippen molar-refractivity contribution in [3.05, 3.63) is 83.6 Å². The van der Waals surface area contributed by atoms with Crippen molar-refractivity contribution in [1.29, 1.82) is 0 Å². The lowest BCUT2D eigenvalue weighted by atomic mass is 10.1. The maximum atomic E-state index is 13.3. The SMILES string of the molecule is Cn1c(-c2cccc(C(=O)NCc3cc(F)cc(F)c3)c2)nc2cccnc21. The molecule has 2 aromatic heterocycles. The Hall–Kier alpha value is -3.61. The number of nitrogens with zero attached hydrogens (tertiary/aromatic N) is 3. The van der Waals surface area contributed by atoms with Crippen molar-refractivity contribution in [2.75, 3.05) is 0 Å². The first kappa shape index (κ1) is 17.8. The Morgan fingerprint density at radius 3 is 2.61 bits per heavy atom. The van der Waals surface area contributed by atoms with Crippen LogP contribution in [0.4, 0.5) is 8.78 Å². The minimum atomic E-state index is -0.679. The van der Waals surface area contributed by atoms with Crippen LogP contribution in [-0.2, 0) is 13.6 Å². The van der Waals surface area contributed by atoms with Crippen LogP contribution in [0.2, 0.25) is 0 Å². The molecule has 0 unspecified atom stereocenters. The predicted octanol–water partition coefficient (Wildman–Crippen LogP) is 3.84. The quantitative estimate of drug-likeness (QED) is 0.587. The first-order chi connectivity index (χ1) is 13.5. The van der Waals surface area contributed by atoms with Crippen LogP contribution in [0.1, 0.15) is 15.9 Å². The highest BCUT2D eigenvalue weighted by Gasteiger charge is 2.13. The van der Waals surface area contributed by atoms with Crippen LogP contribution in [0.25, 0.3) is 22.6 Å². The molecule has 28 heavy (non-hydrogen) atoms. The fraction of sp³-hybridized carbons (Fsp3) is 0.0952.